The van der Waals surface area contributed by atoms with E-state index in [9.17, 15) is 9.18 Å². The van der Waals surface area contributed by atoms with Crippen LogP contribution in [0.3, 0.4) is 0 Å². The van der Waals surface area contributed by atoms with E-state index in [4.69, 9.17) is 4.74 Å². The van der Waals surface area contributed by atoms with Crippen LogP contribution >= 0.6 is 11.3 Å². The zero-order valence-corrected chi connectivity index (χ0v) is 18.8. The first-order chi connectivity index (χ1) is 15.6. The van der Waals surface area contributed by atoms with Gasteiger partial charge in [-0.05, 0) is 49.4 Å². The number of benzene rings is 2. The van der Waals surface area contributed by atoms with Crippen LogP contribution in [0.5, 0.6) is 0 Å². The van der Waals surface area contributed by atoms with Crippen LogP contribution in [-0.4, -0.2) is 22.8 Å². The number of ether oxygens (including phenoxy) is 1. The highest BCUT2D eigenvalue weighted by Crippen LogP contribution is 2.37. The van der Waals surface area contributed by atoms with Crippen molar-refractivity contribution in [1.82, 2.24) is 9.78 Å². The molecule has 1 N–H and O–H groups in total. The minimum atomic E-state index is -0.343. The Morgan fingerprint density at radius 1 is 1.28 bits per heavy atom. The van der Waals surface area contributed by atoms with E-state index in [2.05, 4.69) is 34.7 Å². The summed E-state index contributed by atoms with van der Waals surface area (Å²) >= 11 is 1.28. The summed E-state index contributed by atoms with van der Waals surface area (Å²) in [5.74, 6) is 0.0643. The van der Waals surface area contributed by atoms with Crippen molar-refractivity contribution in [2.75, 3.05) is 12.4 Å². The van der Waals surface area contributed by atoms with E-state index < -0.39 is 0 Å². The lowest BCUT2D eigenvalue weighted by atomic mass is 9.88. The van der Waals surface area contributed by atoms with Crippen molar-refractivity contribution in [1.29, 1.82) is 0 Å². The van der Waals surface area contributed by atoms with E-state index >= 15 is 0 Å². The number of nitrogens with one attached hydrogen (secondary N) is 1. The van der Waals surface area contributed by atoms with Crippen LogP contribution in [0, 0.1) is 12.7 Å². The number of nitrogens with zero attached hydrogens (tertiary/aromatic N) is 2. The first-order valence-corrected chi connectivity index (χ1v) is 11.5. The molecule has 0 spiro atoms. The number of amides is 1. The third-order valence-electron chi connectivity index (χ3n) is 6.10. The predicted molar refractivity (Wildman–Crippen MR) is 125 cm³/mol. The summed E-state index contributed by atoms with van der Waals surface area (Å²) in [5, 5.41) is 8.15. The highest BCUT2D eigenvalue weighted by molar-refractivity contribution is 7.21. The maximum absolute atomic E-state index is 14.5. The summed E-state index contributed by atoms with van der Waals surface area (Å²) < 4.78 is 22.5. The Balaban J connectivity index is 1.53. The summed E-state index contributed by atoms with van der Waals surface area (Å²) in [6, 6.07) is 13.4. The van der Waals surface area contributed by atoms with Gasteiger partial charge in [0.2, 0.25) is 0 Å². The lowest BCUT2D eigenvalue weighted by Gasteiger charge is -2.27. The van der Waals surface area contributed by atoms with Gasteiger partial charge in [0, 0.05) is 28.3 Å². The molecule has 1 aliphatic carbocycles. The average molecular weight is 450 g/mol. The van der Waals surface area contributed by atoms with Crippen molar-refractivity contribution in [3.8, 4) is 0 Å². The van der Waals surface area contributed by atoms with Crippen molar-refractivity contribution in [2.45, 2.75) is 38.8 Å². The molecule has 1 aliphatic rings. The van der Waals surface area contributed by atoms with Gasteiger partial charge in [-0.1, -0.05) is 30.3 Å². The van der Waals surface area contributed by atoms with E-state index in [-0.39, 0.29) is 24.4 Å². The second-order valence-corrected chi connectivity index (χ2v) is 9.19. The summed E-state index contributed by atoms with van der Waals surface area (Å²) in [6.45, 7) is 2.10. The number of anilines is 1. The van der Waals surface area contributed by atoms with Crippen LogP contribution in [0.1, 0.15) is 50.8 Å². The highest BCUT2D eigenvalue weighted by atomic mass is 32.1. The first kappa shape index (κ1) is 20.8. The Morgan fingerprint density at radius 3 is 2.97 bits per heavy atom. The molecular weight excluding hydrogens is 425 g/mol. The number of carbonyl (C=O) groups is 1. The Morgan fingerprint density at radius 2 is 2.12 bits per heavy atom. The number of fused-ring (bicyclic) bond motifs is 2. The lowest BCUT2D eigenvalue weighted by molar-refractivity contribution is 0.102. The van der Waals surface area contributed by atoms with E-state index in [1.807, 2.05) is 17.7 Å². The molecule has 2 heterocycles. The molecule has 0 radical (unpaired) electrons. The van der Waals surface area contributed by atoms with Crippen molar-refractivity contribution in [3.63, 3.8) is 0 Å². The molecule has 4 aromatic rings. The molecule has 1 atom stereocenters. The Hall–Kier alpha value is -3.03. The molecule has 1 unspecified atom stereocenters. The van der Waals surface area contributed by atoms with Crippen LogP contribution < -0.4 is 5.32 Å². The van der Waals surface area contributed by atoms with Crippen LogP contribution in [0.2, 0.25) is 0 Å². The molecule has 0 saturated heterocycles. The monoisotopic (exact) mass is 449 g/mol. The number of hydrogen-bond donors (Lipinski definition) is 1. The molecule has 2 aromatic heterocycles. The number of thiophene rings is 1. The van der Waals surface area contributed by atoms with Gasteiger partial charge in [-0.2, -0.15) is 5.10 Å². The summed E-state index contributed by atoms with van der Waals surface area (Å²) in [7, 11) is 1.55. The molecule has 5 rings (SSSR count). The second-order valence-electron chi connectivity index (χ2n) is 8.14. The van der Waals surface area contributed by atoms with Gasteiger partial charge in [-0.3, -0.25) is 4.79 Å². The van der Waals surface area contributed by atoms with Crippen LogP contribution in [0.4, 0.5) is 10.2 Å². The maximum Gasteiger partial charge on any atom is 0.267 e. The van der Waals surface area contributed by atoms with Gasteiger partial charge in [-0.15, -0.1) is 11.3 Å². The van der Waals surface area contributed by atoms with E-state index in [1.165, 1.54) is 28.5 Å². The second kappa shape index (κ2) is 8.48. The number of methoxy groups -OCH3 is 1. The summed E-state index contributed by atoms with van der Waals surface area (Å²) in [4.78, 5) is 13.9. The molecular formula is C25H24FN3O2S. The van der Waals surface area contributed by atoms with Gasteiger partial charge in [-0.25, -0.2) is 9.07 Å². The Labute approximate surface area is 189 Å². The normalized spacial score (nSPS) is 15.7. The van der Waals surface area contributed by atoms with Gasteiger partial charge in [0.15, 0.2) is 0 Å². The summed E-state index contributed by atoms with van der Waals surface area (Å²) in [5.41, 5.74) is 4.05. The van der Waals surface area contributed by atoms with Gasteiger partial charge in [0.25, 0.3) is 5.91 Å². The van der Waals surface area contributed by atoms with E-state index in [0.717, 1.165) is 29.5 Å². The van der Waals surface area contributed by atoms with Crippen LogP contribution in [0.25, 0.3) is 10.1 Å². The molecule has 5 nitrogen and oxygen atoms in total. The molecule has 0 bridgehead atoms. The number of aromatic nitrogens is 2. The molecule has 0 fully saturated rings. The van der Waals surface area contributed by atoms with Crippen LogP contribution in [-0.2, 0) is 17.8 Å². The Bertz CT molecular complexity index is 1310. The van der Waals surface area contributed by atoms with Crippen LogP contribution in [0.15, 0.2) is 48.7 Å². The molecule has 0 saturated carbocycles. The van der Waals surface area contributed by atoms with Crippen molar-refractivity contribution >= 4 is 33.1 Å². The smallest absolute Gasteiger partial charge is 0.267 e. The minimum absolute atomic E-state index is 0.0715. The van der Waals surface area contributed by atoms with Gasteiger partial charge in [0.05, 0.1) is 23.7 Å². The van der Waals surface area contributed by atoms with E-state index in [0.29, 0.717) is 21.6 Å². The number of carbonyl (C=O) groups excluding carboxylic acids is 1. The number of halogens is 1. The Kier molecular flexibility index (Phi) is 5.53. The minimum Gasteiger partial charge on any atom is -0.380 e. The third-order valence-corrected chi connectivity index (χ3v) is 7.30. The average Bonchev–Trinajstić information content (AvgIpc) is 3.35. The molecule has 1 amide bonds. The number of rotatable bonds is 5. The predicted octanol–water partition coefficient (Wildman–Crippen LogP) is 5.87. The first-order valence-electron chi connectivity index (χ1n) is 10.7. The zero-order chi connectivity index (χ0) is 22.2. The zero-order valence-electron chi connectivity index (χ0n) is 18.0. The molecule has 2 aromatic carbocycles. The molecule has 32 heavy (non-hydrogen) atoms. The van der Waals surface area contributed by atoms with Crippen molar-refractivity contribution < 1.29 is 13.9 Å². The highest BCUT2D eigenvalue weighted by Gasteiger charge is 2.27. The maximum atomic E-state index is 14.5. The largest absolute Gasteiger partial charge is 0.380 e. The van der Waals surface area contributed by atoms with E-state index in [1.54, 1.807) is 19.4 Å². The molecule has 7 heteroatoms. The SMILES string of the molecule is COCc1c(C(=O)Nc2c(C)cnn2C2CCCc3ccccc32)sc2cccc(F)c12. The fraction of sp³-hybridized carbons (Fsp3) is 0.280. The molecule has 164 valence electrons. The van der Waals surface area contributed by atoms with Gasteiger partial charge < -0.3 is 10.1 Å². The number of hydrogen-bond acceptors (Lipinski definition) is 4. The quantitative estimate of drug-likeness (QED) is 0.415. The summed E-state index contributed by atoms with van der Waals surface area (Å²) in [6.07, 6.45) is 4.88. The topological polar surface area (TPSA) is 56.1 Å². The standard InChI is InChI=1S/C25H24FN3O2S/c1-15-13-27-29(20-11-5-8-16-7-3-4-9-17(16)20)24(15)28-25(30)23-18(14-31-2)22-19(26)10-6-12-21(22)32-23/h3-4,6-7,9-10,12-13,20H,5,8,11,14H2,1-2H3,(H,28,30). The molecule has 0 aliphatic heterocycles. The van der Waals surface area contributed by atoms with Crippen molar-refractivity contribution in [2.24, 2.45) is 0 Å². The third kappa shape index (κ3) is 3.51. The fourth-order valence-corrected chi connectivity index (χ4v) is 5.74. The number of aryl methyl sites for hydroxylation is 2. The lowest BCUT2D eigenvalue weighted by Crippen LogP contribution is -2.22. The van der Waals surface area contributed by atoms with Crippen molar-refractivity contribution in [3.05, 3.63) is 81.6 Å². The van der Waals surface area contributed by atoms with Gasteiger partial charge in [0.1, 0.15) is 11.6 Å². The fourth-order valence-electron chi connectivity index (χ4n) is 4.62. The van der Waals surface area contributed by atoms with Gasteiger partial charge >= 0.3 is 0 Å².